The molecule has 0 bridgehead atoms. The van der Waals surface area contributed by atoms with Gasteiger partial charge in [-0.25, -0.2) is 14.8 Å². The van der Waals surface area contributed by atoms with Crippen molar-refractivity contribution in [1.82, 2.24) is 39.7 Å². The number of hydrogen-bond acceptors (Lipinski definition) is 7. The molecular formula is C26H23N9O3. The minimum Gasteiger partial charge on any atom is -0.465 e. The number of imidazole rings is 1. The summed E-state index contributed by atoms with van der Waals surface area (Å²) in [6.07, 6.45) is 3.52. The molecule has 38 heavy (non-hydrogen) atoms. The molecule has 12 nitrogen and oxygen atoms in total. The van der Waals surface area contributed by atoms with Crippen molar-refractivity contribution in [3.05, 3.63) is 88.6 Å². The van der Waals surface area contributed by atoms with Gasteiger partial charge in [0.05, 0.1) is 29.3 Å². The van der Waals surface area contributed by atoms with Gasteiger partial charge in [0.1, 0.15) is 18.0 Å². The van der Waals surface area contributed by atoms with Crippen LogP contribution in [0.15, 0.2) is 65.8 Å². The lowest BCUT2D eigenvalue weighted by Gasteiger charge is -2.14. The largest absolute Gasteiger partial charge is 0.465 e. The molecule has 1 atom stereocenters. The maximum absolute atomic E-state index is 13.4. The Morgan fingerprint density at radius 2 is 1.97 bits per heavy atom. The maximum Gasteiger partial charge on any atom is 0.411 e. The first kappa shape index (κ1) is 23.3. The Bertz CT molecular complexity index is 1710. The molecule has 0 radical (unpaired) electrons. The van der Waals surface area contributed by atoms with Crippen molar-refractivity contribution in [2.75, 3.05) is 11.9 Å². The molecule has 2 N–H and O–H groups in total. The molecule has 3 aromatic heterocycles. The number of tetrazole rings is 1. The lowest BCUT2D eigenvalue weighted by molar-refractivity contribution is 0.203. The van der Waals surface area contributed by atoms with Crippen LogP contribution in [0.1, 0.15) is 29.7 Å². The van der Waals surface area contributed by atoms with Gasteiger partial charge in [0.15, 0.2) is 0 Å². The van der Waals surface area contributed by atoms with E-state index in [0.29, 0.717) is 35.9 Å². The summed E-state index contributed by atoms with van der Waals surface area (Å²) in [4.78, 5) is 38.5. The van der Waals surface area contributed by atoms with E-state index in [1.807, 2.05) is 37.3 Å². The highest BCUT2D eigenvalue weighted by Gasteiger charge is 2.29. The highest BCUT2D eigenvalue weighted by atomic mass is 16.4. The van der Waals surface area contributed by atoms with E-state index in [1.165, 1.54) is 13.4 Å². The van der Waals surface area contributed by atoms with Crippen LogP contribution in [0.4, 0.5) is 10.5 Å². The van der Waals surface area contributed by atoms with Crippen molar-refractivity contribution in [2.24, 2.45) is 0 Å². The second-order valence-corrected chi connectivity index (χ2v) is 9.17. The Hall–Kier alpha value is -5.13. The van der Waals surface area contributed by atoms with Gasteiger partial charge in [-0.05, 0) is 53.6 Å². The Morgan fingerprint density at radius 1 is 1.16 bits per heavy atom. The number of fused-ring (bicyclic) bond motifs is 1. The molecular weight excluding hydrogens is 486 g/mol. The molecule has 1 aliphatic heterocycles. The number of aryl methyl sites for hydroxylation is 2. The predicted molar refractivity (Wildman–Crippen MR) is 138 cm³/mol. The monoisotopic (exact) mass is 509 g/mol. The van der Waals surface area contributed by atoms with Crippen LogP contribution in [0, 0.1) is 6.92 Å². The molecule has 0 fully saturated rings. The van der Waals surface area contributed by atoms with E-state index in [0.717, 1.165) is 33.0 Å². The fourth-order valence-electron chi connectivity index (χ4n) is 4.79. The van der Waals surface area contributed by atoms with Crippen LogP contribution in [-0.4, -0.2) is 58.0 Å². The van der Waals surface area contributed by atoms with Gasteiger partial charge in [-0.3, -0.25) is 14.3 Å². The lowest BCUT2D eigenvalue weighted by Crippen LogP contribution is -2.25. The smallest absolute Gasteiger partial charge is 0.411 e. The van der Waals surface area contributed by atoms with Crippen LogP contribution in [0.2, 0.25) is 0 Å². The second kappa shape index (κ2) is 9.07. The van der Waals surface area contributed by atoms with E-state index in [-0.39, 0.29) is 11.6 Å². The number of rotatable bonds is 5. The number of carboxylic acid groups (broad SMARTS) is 1. The molecule has 12 heteroatoms. The standard InChI is InChI=1S/C26H23N9O3/c1-15-3-8-21(34-14-28-31-32-34)18(11-15)19-12-24(36)35-22(9-10-23(35)29-19)25-27-13-20(30-25)16-4-6-17(7-5-16)33(2)26(37)38/h3-8,11-14,22H,9-10H2,1-2H3,(H,27,30)(H,37,38)/t22-/m0/s1. The van der Waals surface area contributed by atoms with Crippen LogP contribution in [0.5, 0.6) is 0 Å². The number of hydrogen-bond donors (Lipinski definition) is 2. The number of nitrogens with one attached hydrogen (secondary N) is 1. The Kier molecular flexibility index (Phi) is 5.56. The predicted octanol–water partition coefficient (Wildman–Crippen LogP) is 3.23. The zero-order valence-corrected chi connectivity index (χ0v) is 20.6. The van der Waals surface area contributed by atoms with Crippen molar-refractivity contribution >= 4 is 11.8 Å². The van der Waals surface area contributed by atoms with Gasteiger partial charge in [-0.1, -0.05) is 23.8 Å². The highest BCUT2D eigenvalue weighted by Crippen LogP contribution is 2.32. The molecule has 2 aromatic carbocycles. The molecule has 1 amide bonds. The van der Waals surface area contributed by atoms with Crippen molar-refractivity contribution in [3.63, 3.8) is 0 Å². The number of H-pyrrole nitrogens is 1. The summed E-state index contributed by atoms with van der Waals surface area (Å²) in [6.45, 7) is 1.98. The van der Waals surface area contributed by atoms with E-state index >= 15 is 0 Å². The average Bonchev–Trinajstić information content (AvgIpc) is 3.69. The number of aromatic amines is 1. The van der Waals surface area contributed by atoms with E-state index in [2.05, 4.69) is 25.5 Å². The number of anilines is 1. The summed E-state index contributed by atoms with van der Waals surface area (Å²) in [5, 5.41) is 20.6. The van der Waals surface area contributed by atoms with Crippen LogP contribution >= 0.6 is 0 Å². The highest BCUT2D eigenvalue weighted by molar-refractivity contribution is 5.85. The number of aromatic nitrogens is 8. The zero-order valence-electron chi connectivity index (χ0n) is 20.6. The third kappa shape index (κ3) is 4.01. The molecule has 190 valence electrons. The Morgan fingerprint density at radius 3 is 2.71 bits per heavy atom. The average molecular weight is 510 g/mol. The van der Waals surface area contributed by atoms with Gasteiger partial charge in [0.25, 0.3) is 5.56 Å². The van der Waals surface area contributed by atoms with Gasteiger partial charge >= 0.3 is 6.09 Å². The summed E-state index contributed by atoms with van der Waals surface area (Å²) < 4.78 is 3.25. The van der Waals surface area contributed by atoms with Crippen LogP contribution < -0.4 is 10.5 Å². The fourth-order valence-corrected chi connectivity index (χ4v) is 4.79. The first-order chi connectivity index (χ1) is 18.4. The van der Waals surface area contributed by atoms with Crippen molar-refractivity contribution in [1.29, 1.82) is 0 Å². The molecule has 0 unspecified atom stereocenters. The summed E-state index contributed by atoms with van der Waals surface area (Å²) >= 11 is 0. The first-order valence-corrected chi connectivity index (χ1v) is 12.0. The van der Waals surface area contributed by atoms with E-state index in [9.17, 15) is 9.59 Å². The molecule has 5 aromatic rings. The molecule has 0 aliphatic carbocycles. The molecule has 4 heterocycles. The third-order valence-electron chi connectivity index (χ3n) is 6.77. The number of benzene rings is 2. The molecule has 6 rings (SSSR count). The number of carbonyl (C=O) groups is 1. The normalized spacial score (nSPS) is 14.4. The minimum atomic E-state index is -1.03. The summed E-state index contributed by atoms with van der Waals surface area (Å²) in [5.74, 6) is 1.37. The van der Waals surface area contributed by atoms with E-state index < -0.39 is 6.09 Å². The van der Waals surface area contributed by atoms with Crippen LogP contribution in [-0.2, 0) is 6.42 Å². The number of amides is 1. The van der Waals surface area contributed by atoms with Gasteiger partial charge in [0.2, 0.25) is 0 Å². The van der Waals surface area contributed by atoms with Crippen LogP contribution in [0.3, 0.4) is 0 Å². The van der Waals surface area contributed by atoms with E-state index in [1.54, 1.807) is 33.6 Å². The van der Waals surface area contributed by atoms with Crippen molar-refractivity contribution in [3.8, 4) is 28.2 Å². The summed E-state index contributed by atoms with van der Waals surface area (Å²) in [5.41, 5.74) is 5.17. The summed E-state index contributed by atoms with van der Waals surface area (Å²) in [7, 11) is 1.49. The fraction of sp³-hybridized carbons (Fsp3) is 0.192. The Balaban J connectivity index is 1.32. The molecule has 0 saturated heterocycles. The minimum absolute atomic E-state index is 0.157. The second-order valence-electron chi connectivity index (χ2n) is 9.17. The molecule has 0 spiro atoms. The Labute approximate surface area is 216 Å². The van der Waals surface area contributed by atoms with E-state index in [4.69, 9.17) is 10.1 Å². The maximum atomic E-state index is 13.4. The first-order valence-electron chi connectivity index (χ1n) is 12.0. The topological polar surface area (TPSA) is 148 Å². The molecule has 1 aliphatic rings. The lowest BCUT2D eigenvalue weighted by atomic mass is 10.1. The van der Waals surface area contributed by atoms with Gasteiger partial charge < -0.3 is 10.1 Å². The summed E-state index contributed by atoms with van der Waals surface area (Å²) in [6, 6.07) is 14.3. The van der Waals surface area contributed by atoms with Gasteiger partial charge in [0, 0.05) is 30.8 Å². The van der Waals surface area contributed by atoms with Crippen molar-refractivity contribution in [2.45, 2.75) is 25.8 Å². The third-order valence-corrected chi connectivity index (χ3v) is 6.77. The molecule has 0 saturated carbocycles. The van der Waals surface area contributed by atoms with Gasteiger partial charge in [-0.2, -0.15) is 4.68 Å². The quantitative estimate of drug-likeness (QED) is 0.367. The van der Waals surface area contributed by atoms with Crippen molar-refractivity contribution < 1.29 is 9.90 Å². The number of nitrogens with zero attached hydrogens (tertiary/aromatic N) is 8. The van der Waals surface area contributed by atoms with Gasteiger partial charge in [-0.15, -0.1) is 5.10 Å². The SMILES string of the molecule is Cc1ccc(-n2cnnn2)c(-c2cc(=O)n3c(n2)CC[C@H]3c2ncc(-c3ccc(N(C)C(=O)O)cc3)[nH]2)c1. The zero-order chi connectivity index (χ0) is 26.4. The van der Waals surface area contributed by atoms with Crippen LogP contribution in [0.25, 0.3) is 28.2 Å².